The van der Waals surface area contributed by atoms with Crippen LogP contribution in [0, 0.1) is 0 Å². The van der Waals surface area contributed by atoms with Crippen molar-refractivity contribution in [3.05, 3.63) is 51.7 Å². The third kappa shape index (κ3) is 4.92. The monoisotopic (exact) mass is 345 g/mol. The zero-order valence-electron chi connectivity index (χ0n) is 15.3. The van der Waals surface area contributed by atoms with Gasteiger partial charge in [0.1, 0.15) is 6.54 Å². The van der Waals surface area contributed by atoms with Gasteiger partial charge in [0.05, 0.1) is 7.05 Å². The lowest BCUT2D eigenvalue weighted by Gasteiger charge is -2.21. The summed E-state index contributed by atoms with van der Waals surface area (Å²) < 4.78 is 0. The maximum atomic E-state index is 12.6. The third-order valence-electron chi connectivity index (χ3n) is 4.19. The molecule has 2 N–H and O–H groups in total. The molecule has 2 rings (SSSR count). The molecule has 1 aromatic heterocycles. The number of para-hydroxylation sites is 1. The van der Waals surface area contributed by atoms with E-state index >= 15 is 0 Å². The number of rotatable bonds is 7. The average molecular weight is 346 g/mol. The molecule has 1 heterocycles. The van der Waals surface area contributed by atoms with Crippen molar-refractivity contribution in [2.45, 2.75) is 46.1 Å². The zero-order valence-corrected chi connectivity index (χ0v) is 16.2. The maximum Gasteiger partial charge on any atom is 0.279 e. The smallest absolute Gasteiger partial charge is 0.279 e. The Labute approximate surface area is 149 Å². The van der Waals surface area contributed by atoms with Crippen molar-refractivity contribution in [1.29, 1.82) is 0 Å². The molecule has 24 heavy (non-hydrogen) atoms. The fourth-order valence-electron chi connectivity index (χ4n) is 2.96. The predicted octanol–water partition coefficient (Wildman–Crippen LogP) is 3.65. The molecule has 0 spiro atoms. The second-order valence-electron chi connectivity index (χ2n) is 7.11. The normalized spacial score (nSPS) is 12.6. The Morgan fingerprint density at radius 3 is 2.25 bits per heavy atom. The summed E-state index contributed by atoms with van der Waals surface area (Å²) in [6.07, 6.45) is 0. The van der Waals surface area contributed by atoms with Crippen LogP contribution in [0.1, 0.15) is 56.2 Å². The maximum absolute atomic E-state index is 12.6. The number of hydrogen-bond acceptors (Lipinski definition) is 2. The summed E-state index contributed by atoms with van der Waals surface area (Å²) in [6, 6.07) is 8.45. The number of carbonyl (C=O) groups excluding carboxylic acids is 1. The van der Waals surface area contributed by atoms with Gasteiger partial charge in [-0.15, -0.1) is 0 Å². The molecule has 0 aliphatic heterocycles. The van der Waals surface area contributed by atoms with E-state index in [1.54, 1.807) is 11.3 Å². The highest BCUT2D eigenvalue weighted by Gasteiger charge is 2.18. The average Bonchev–Trinajstić information content (AvgIpc) is 2.99. The first-order valence-corrected chi connectivity index (χ1v) is 9.57. The number of carbonyl (C=O) groups is 1. The number of likely N-dealkylation sites (N-methyl/N-ethyl adjacent to an activating group) is 1. The first kappa shape index (κ1) is 18.7. The van der Waals surface area contributed by atoms with E-state index in [2.05, 4.69) is 75.1 Å². The lowest BCUT2D eigenvalue weighted by atomic mass is 9.92. The van der Waals surface area contributed by atoms with Crippen molar-refractivity contribution >= 4 is 22.9 Å². The molecule has 0 saturated heterocycles. The number of hydrogen-bond donors (Lipinski definition) is 2. The molecule has 0 bridgehead atoms. The van der Waals surface area contributed by atoms with Crippen LogP contribution in [0.5, 0.6) is 0 Å². The van der Waals surface area contributed by atoms with Crippen LogP contribution in [-0.2, 0) is 11.3 Å². The lowest BCUT2D eigenvalue weighted by molar-refractivity contribution is -0.885. The van der Waals surface area contributed by atoms with E-state index in [1.165, 1.54) is 21.6 Å². The molecule has 1 aromatic carbocycles. The van der Waals surface area contributed by atoms with Crippen molar-refractivity contribution in [2.75, 3.05) is 18.9 Å². The van der Waals surface area contributed by atoms with E-state index in [0.717, 1.165) is 12.2 Å². The minimum Gasteiger partial charge on any atom is -0.326 e. The van der Waals surface area contributed by atoms with Crippen molar-refractivity contribution in [3.8, 4) is 0 Å². The van der Waals surface area contributed by atoms with E-state index in [4.69, 9.17) is 0 Å². The van der Waals surface area contributed by atoms with Gasteiger partial charge in [0.25, 0.3) is 5.91 Å². The highest BCUT2D eigenvalue weighted by Crippen LogP contribution is 2.32. The van der Waals surface area contributed by atoms with Gasteiger partial charge >= 0.3 is 0 Å². The van der Waals surface area contributed by atoms with Gasteiger partial charge in [-0.2, -0.15) is 11.3 Å². The Morgan fingerprint density at radius 1 is 1.12 bits per heavy atom. The lowest BCUT2D eigenvalue weighted by Crippen LogP contribution is -3.08. The molecule has 1 atom stereocenters. The van der Waals surface area contributed by atoms with E-state index in [0.29, 0.717) is 18.4 Å². The number of benzene rings is 1. The Morgan fingerprint density at radius 2 is 1.75 bits per heavy atom. The number of anilines is 1. The molecule has 0 radical (unpaired) electrons. The van der Waals surface area contributed by atoms with E-state index < -0.39 is 0 Å². The minimum atomic E-state index is 0.0812. The van der Waals surface area contributed by atoms with Gasteiger partial charge in [-0.1, -0.05) is 45.9 Å². The molecule has 4 heteroatoms. The quantitative estimate of drug-likeness (QED) is 0.789. The summed E-state index contributed by atoms with van der Waals surface area (Å²) in [5, 5.41) is 7.42. The highest BCUT2D eigenvalue weighted by molar-refractivity contribution is 7.07. The van der Waals surface area contributed by atoms with Crippen LogP contribution < -0.4 is 10.2 Å². The van der Waals surface area contributed by atoms with Crippen LogP contribution in [0.3, 0.4) is 0 Å². The topological polar surface area (TPSA) is 33.5 Å². The van der Waals surface area contributed by atoms with Gasteiger partial charge in [0, 0.05) is 11.3 Å². The van der Waals surface area contributed by atoms with Gasteiger partial charge in [-0.3, -0.25) is 4.79 Å². The summed E-state index contributed by atoms with van der Waals surface area (Å²) in [5.74, 6) is 0.850. The van der Waals surface area contributed by atoms with Crippen LogP contribution in [0.15, 0.2) is 35.0 Å². The first-order chi connectivity index (χ1) is 11.4. The predicted molar refractivity (Wildman–Crippen MR) is 103 cm³/mol. The van der Waals surface area contributed by atoms with Crippen LogP contribution >= 0.6 is 11.3 Å². The molecular weight excluding hydrogens is 316 g/mol. The van der Waals surface area contributed by atoms with Crippen molar-refractivity contribution in [2.24, 2.45) is 0 Å². The molecule has 2 aromatic rings. The summed E-state index contributed by atoms with van der Waals surface area (Å²) >= 11 is 1.70. The Balaban J connectivity index is 2.10. The molecule has 1 unspecified atom stereocenters. The Bertz CT molecular complexity index is 636. The van der Waals surface area contributed by atoms with E-state index in [1.807, 2.05) is 0 Å². The van der Waals surface area contributed by atoms with Crippen molar-refractivity contribution in [3.63, 3.8) is 0 Å². The third-order valence-corrected chi connectivity index (χ3v) is 4.92. The fourth-order valence-corrected chi connectivity index (χ4v) is 3.63. The molecule has 1 amide bonds. The van der Waals surface area contributed by atoms with E-state index in [-0.39, 0.29) is 5.91 Å². The molecule has 3 nitrogen and oxygen atoms in total. The molecule has 0 saturated carbocycles. The number of nitrogens with one attached hydrogen (secondary N) is 2. The summed E-state index contributed by atoms with van der Waals surface area (Å²) in [5.41, 5.74) is 4.72. The van der Waals surface area contributed by atoms with Crippen LogP contribution in [0.25, 0.3) is 0 Å². The number of quaternary nitrogens is 1. The minimum absolute atomic E-state index is 0.0812. The van der Waals surface area contributed by atoms with Gasteiger partial charge in [-0.25, -0.2) is 0 Å². The Hall–Kier alpha value is -1.65. The van der Waals surface area contributed by atoms with Crippen LogP contribution in [0.2, 0.25) is 0 Å². The Kier molecular flexibility index (Phi) is 6.58. The summed E-state index contributed by atoms with van der Waals surface area (Å²) in [4.78, 5) is 13.8. The van der Waals surface area contributed by atoms with Gasteiger partial charge in [0.15, 0.2) is 6.54 Å². The van der Waals surface area contributed by atoms with Gasteiger partial charge < -0.3 is 10.2 Å². The second-order valence-corrected chi connectivity index (χ2v) is 7.89. The summed E-state index contributed by atoms with van der Waals surface area (Å²) in [6.45, 7) is 10.0. The summed E-state index contributed by atoms with van der Waals surface area (Å²) in [7, 11) is 2.06. The molecule has 0 aliphatic rings. The zero-order chi connectivity index (χ0) is 17.7. The molecule has 0 aliphatic carbocycles. The van der Waals surface area contributed by atoms with Crippen LogP contribution in [0.4, 0.5) is 5.69 Å². The van der Waals surface area contributed by atoms with Gasteiger partial charge in [-0.05, 0) is 39.8 Å². The number of amides is 1. The first-order valence-electron chi connectivity index (χ1n) is 8.63. The van der Waals surface area contributed by atoms with Gasteiger partial charge in [0.2, 0.25) is 0 Å². The largest absolute Gasteiger partial charge is 0.326 e. The fraction of sp³-hybridized carbons (Fsp3) is 0.450. The molecule has 130 valence electrons. The SMILES string of the molecule is CC(C)c1cccc(C(C)C)c1NC(=O)C[NH+](C)Cc1ccsc1. The van der Waals surface area contributed by atoms with Crippen molar-refractivity contribution in [1.82, 2.24) is 0 Å². The van der Waals surface area contributed by atoms with Crippen LogP contribution in [-0.4, -0.2) is 19.5 Å². The van der Waals surface area contributed by atoms with E-state index in [9.17, 15) is 4.79 Å². The highest BCUT2D eigenvalue weighted by atomic mass is 32.1. The molecular formula is C20H29N2OS+. The second kappa shape index (κ2) is 8.45. The number of thiophene rings is 1. The molecule has 0 fully saturated rings. The van der Waals surface area contributed by atoms with Crippen molar-refractivity contribution < 1.29 is 9.69 Å². The standard InChI is InChI=1S/C20H28N2OS/c1-14(2)17-7-6-8-18(15(3)4)20(17)21-19(23)12-22(5)11-16-9-10-24-13-16/h6-10,13-15H,11-12H2,1-5H3,(H,21,23)/p+1.